The molecular weight excluding hydrogens is 187 g/mol. The summed E-state index contributed by atoms with van der Waals surface area (Å²) in [5.41, 5.74) is 0.324. The Hall–Kier alpha value is -1.42. The van der Waals surface area contributed by atoms with E-state index in [9.17, 15) is 14.3 Å². The molecule has 0 amide bonds. The minimum absolute atomic E-state index is 0.205. The van der Waals surface area contributed by atoms with Gasteiger partial charge in [0.1, 0.15) is 5.82 Å². The number of aliphatic hydroxyl groups is 1. The molecule has 4 heteroatoms. The Morgan fingerprint density at radius 2 is 2.07 bits per heavy atom. The van der Waals surface area contributed by atoms with Gasteiger partial charge >= 0.3 is 5.97 Å². The first kappa shape index (κ1) is 10.7. The number of hydrogen-bond donors (Lipinski definition) is 1. The first-order valence-corrected chi connectivity index (χ1v) is 4.25. The second-order valence-corrected chi connectivity index (χ2v) is 2.71. The normalized spacial score (nSPS) is 12.2. The number of hydrogen-bond acceptors (Lipinski definition) is 3. The lowest BCUT2D eigenvalue weighted by molar-refractivity contribution is -0.153. The lowest BCUT2D eigenvalue weighted by Crippen LogP contribution is -2.15. The molecule has 76 valence electrons. The number of aliphatic hydroxyl groups excluding tert-OH is 1. The van der Waals surface area contributed by atoms with Crippen LogP contribution in [-0.4, -0.2) is 17.7 Å². The Morgan fingerprint density at radius 1 is 1.50 bits per heavy atom. The minimum atomic E-state index is -1.34. The molecular formula is C10H11FO3. The largest absolute Gasteiger partial charge is 0.464 e. The number of ether oxygens (including phenoxy) is 1. The van der Waals surface area contributed by atoms with E-state index in [1.54, 1.807) is 6.92 Å². The maximum absolute atomic E-state index is 12.5. The summed E-state index contributed by atoms with van der Waals surface area (Å²) in [5, 5.41) is 9.41. The molecule has 3 nitrogen and oxygen atoms in total. The summed E-state index contributed by atoms with van der Waals surface area (Å²) >= 11 is 0. The van der Waals surface area contributed by atoms with E-state index >= 15 is 0 Å². The highest BCUT2D eigenvalue weighted by Crippen LogP contribution is 2.14. The summed E-state index contributed by atoms with van der Waals surface area (Å²) in [6.07, 6.45) is -1.34. The lowest BCUT2D eigenvalue weighted by atomic mass is 10.1. The molecule has 1 aromatic carbocycles. The molecule has 0 aliphatic carbocycles. The monoisotopic (exact) mass is 198 g/mol. The van der Waals surface area contributed by atoms with E-state index in [1.807, 2.05) is 0 Å². The Labute approximate surface area is 81.1 Å². The molecule has 1 atom stereocenters. The topological polar surface area (TPSA) is 46.5 Å². The standard InChI is InChI=1S/C10H11FO3/c1-2-14-10(13)9(12)7-3-5-8(11)6-4-7/h3-6,9,12H,2H2,1H3/t9-/m1/s1. The van der Waals surface area contributed by atoms with Gasteiger partial charge in [0, 0.05) is 0 Å². The molecule has 0 heterocycles. The van der Waals surface area contributed by atoms with Gasteiger partial charge in [-0.3, -0.25) is 0 Å². The summed E-state index contributed by atoms with van der Waals surface area (Å²) in [5.74, 6) is -1.14. The highest BCUT2D eigenvalue weighted by atomic mass is 19.1. The van der Waals surface area contributed by atoms with Crippen LogP contribution < -0.4 is 0 Å². The van der Waals surface area contributed by atoms with Crippen molar-refractivity contribution < 1.29 is 19.0 Å². The van der Waals surface area contributed by atoms with Gasteiger partial charge in [0.2, 0.25) is 0 Å². The number of carbonyl (C=O) groups excluding carboxylic acids is 1. The van der Waals surface area contributed by atoms with Crippen LogP contribution in [0.1, 0.15) is 18.6 Å². The van der Waals surface area contributed by atoms with Crippen LogP contribution in [0, 0.1) is 5.82 Å². The molecule has 0 bridgehead atoms. The van der Waals surface area contributed by atoms with Crippen LogP contribution in [0.2, 0.25) is 0 Å². The van der Waals surface area contributed by atoms with Crippen molar-refractivity contribution in [2.45, 2.75) is 13.0 Å². The van der Waals surface area contributed by atoms with Crippen molar-refractivity contribution in [3.8, 4) is 0 Å². The van der Waals surface area contributed by atoms with Crippen molar-refractivity contribution in [2.75, 3.05) is 6.61 Å². The number of esters is 1. The van der Waals surface area contributed by atoms with Crippen LogP contribution in [0.4, 0.5) is 4.39 Å². The molecule has 0 aliphatic heterocycles. The van der Waals surface area contributed by atoms with Crippen molar-refractivity contribution in [1.29, 1.82) is 0 Å². The van der Waals surface area contributed by atoms with Gasteiger partial charge < -0.3 is 9.84 Å². The molecule has 1 N–H and O–H groups in total. The number of carbonyl (C=O) groups is 1. The van der Waals surface area contributed by atoms with Gasteiger partial charge in [-0.1, -0.05) is 12.1 Å². The molecule has 0 aliphatic rings. The van der Waals surface area contributed by atoms with Gasteiger partial charge in [-0.2, -0.15) is 0 Å². The van der Waals surface area contributed by atoms with E-state index < -0.39 is 17.9 Å². The van der Waals surface area contributed by atoms with Gasteiger partial charge in [-0.15, -0.1) is 0 Å². The van der Waals surface area contributed by atoms with E-state index in [-0.39, 0.29) is 6.61 Å². The summed E-state index contributed by atoms with van der Waals surface area (Å²) in [4.78, 5) is 11.1. The molecule has 1 rings (SSSR count). The smallest absolute Gasteiger partial charge is 0.339 e. The Kier molecular flexibility index (Phi) is 3.59. The number of halogens is 1. The SMILES string of the molecule is CCOC(=O)[C@H](O)c1ccc(F)cc1. The molecule has 0 spiro atoms. The molecule has 0 radical (unpaired) electrons. The van der Waals surface area contributed by atoms with Crippen LogP contribution in [0.5, 0.6) is 0 Å². The summed E-state index contributed by atoms with van der Waals surface area (Å²) in [6.45, 7) is 1.85. The second-order valence-electron chi connectivity index (χ2n) is 2.71. The third-order valence-corrected chi connectivity index (χ3v) is 1.70. The highest BCUT2D eigenvalue weighted by molar-refractivity contribution is 5.76. The summed E-state index contributed by atoms with van der Waals surface area (Å²) in [6, 6.07) is 5.05. The zero-order valence-electron chi connectivity index (χ0n) is 7.74. The fourth-order valence-electron chi connectivity index (χ4n) is 1.00. The highest BCUT2D eigenvalue weighted by Gasteiger charge is 2.17. The number of benzene rings is 1. The first-order valence-electron chi connectivity index (χ1n) is 4.25. The Morgan fingerprint density at radius 3 is 2.57 bits per heavy atom. The van der Waals surface area contributed by atoms with E-state index in [4.69, 9.17) is 0 Å². The van der Waals surface area contributed by atoms with Crippen molar-refractivity contribution >= 4 is 5.97 Å². The van der Waals surface area contributed by atoms with Crippen molar-refractivity contribution in [1.82, 2.24) is 0 Å². The third kappa shape index (κ3) is 2.53. The second kappa shape index (κ2) is 4.72. The van der Waals surface area contributed by atoms with Crippen LogP contribution in [0.25, 0.3) is 0 Å². The van der Waals surface area contributed by atoms with Crippen molar-refractivity contribution in [3.05, 3.63) is 35.6 Å². The summed E-state index contributed by atoms with van der Waals surface area (Å²) in [7, 11) is 0. The molecule has 0 saturated heterocycles. The first-order chi connectivity index (χ1) is 6.65. The van der Waals surface area contributed by atoms with Crippen LogP contribution in [0.3, 0.4) is 0 Å². The average molecular weight is 198 g/mol. The van der Waals surface area contributed by atoms with E-state index in [2.05, 4.69) is 4.74 Å². The maximum Gasteiger partial charge on any atom is 0.339 e. The molecule has 1 aromatic rings. The Balaban J connectivity index is 2.73. The van der Waals surface area contributed by atoms with Gasteiger partial charge in [-0.25, -0.2) is 9.18 Å². The van der Waals surface area contributed by atoms with Crippen LogP contribution >= 0.6 is 0 Å². The van der Waals surface area contributed by atoms with Crippen molar-refractivity contribution in [3.63, 3.8) is 0 Å². The van der Waals surface area contributed by atoms with Crippen molar-refractivity contribution in [2.24, 2.45) is 0 Å². The van der Waals surface area contributed by atoms with E-state index in [0.29, 0.717) is 5.56 Å². The van der Waals surface area contributed by atoms with Crippen LogP contribution in [-0.2, 0) is 9.53 Å². The number of rotatable bonds is 3. The fourth-order valence-corrected chi connectivity index (χ4v) is 1.00. The van der Waals surface area contributed by atoms with Gasteiger partial charge in [-0.05, 0) is 24.6 Å². The van der Waals surface area contributed by atoms with Gasteiger partial charge in [0.25, 0.3) is 0 Å². The molecule has 0 unspecified atom stereocenters. The third-order valence-electron chi connectivity index (χ3n) is 1.70. The van der Waals surface area contributed by atoms with Gasteiger partial charge in [0.05, 0.1) is 6.61 Å². The summed E-state index contributed by atoms with van der Waals surface area (Å²) < 4.78 is 17.1. The predicted molar refractivity (Wildman–Crippen MR) is 48.0 cm³/mol. The lowest BCUT2D eigenvalue weighted by Gasteiger charge is -2.09. The molecule has 0 fully saturated rings. The van der Waals surface area contributed by atoms with Gasteiger partial charge in [0.15, 0.2) is 6.10 Å². The maximum atomic E-state index is 12.5. The van der Waals surface area contributed by atoms with Crippen LogP contribution in [0.15, 0.2) is 24.3 Å². The van der Waals surface area contributed by atoms with E-state index in [0.717, 1.165) is 0 Å². The molecule has 14 heavy (non-hydrogen) atoms. The molecule has 0 saturated carbocycles. The minimum Gasteiger partial charge on any atom is -0.464 e. The average Bonchev–Trinajstić information content (AvgIpc) is 2.18. The predicted octanol–water partition coefficient (Wildman–Crippen LogP) is 1.42. The van der Waals surface area contributed by atoms with E-state index in [1.165, 1.54) is 24.3 Å². The fraction of sp³-hybridized carbons (Fsp3) is 0.300. The zero-order valence-corrected chi connectivity index (χ0v) is 7.74. The molecule has 0 aromatic heterocycles. The quantitative estimate of drug-likeness (QED) is 0.747. The Bertz CT molecular complexity index is 308. The zero-order chi connectivity index (χ0) is 10.6.